The molecule has 1 atom stereocenters. The zero-order valence-electron chi connectivity index (χ0n) is 15.0. The van der Waals surface area contributed by atoms with Crippen molar-refractivity contribution >= 4 is 34.7 Å². The van der Waals surface area contributed by atoms with Gasteiger partial charge >= 0.3 is 0 Å². The Morgan fingerprint density at radius 3 is 2.46 bits per heavy atom. The molecule has 138 valence electrons. The summed E-state index contributed by atoms with van der Waals surface area (Å²) in [6, 6.07) is 9.58. The highest BCUT2D eigenvalue weighted by Crippen LogP contribution is 2.15. The molecule has 0 aliphatic rings. The van der Waals surface area contributed by atoms with Crippen molar-refractivity contribution in [3.05, 3.63) is 52.2 Å². The number of carbonyl (C=O) groups excluding carboxylic acids is 3. The van der Waals surface area contributed by atoms with Gasteiger partial charge in [0.15, 0.2) is 0 Å². The molecule has 1 heterocycles. The van der Waals surface area contributed by atoms with Crippen LogP contribution in [0.15, 0.2) is 41.8 Å². The molecule has 0 radical (unpaired) electrons. The minimum atomic E-state index is -0.600. The normalized spacial score (nSPS) is 11.7. The van der Waals surface area contributed by atoms with Gasteiger partial charge < -0.3 is 16.0 Å². The lowest BCUT2D eigenvalue weighted by atomic mass is 10.0. The lowest BCUT2D eigenvalue weighted by molar-refractivity contribution is -0.122. The van der Waals surface area contributed by atoms with Gasteiger partial charge in [0.25, 0.3) is 11.8 Å². The van der Waals surface area contributed by atoms with Crippen molar-refractivity contribution in [2.75, 3.05) is 12.4 Å². The van der Waals surface area contributed by atoms with Crippen LogP contribution in [0.3, 0.4) is 0 Å². The molecule has 0 spiro atoms. The van der Waals surface area contributed by atoms with Gasteiger partial charge in [-0.3, -0.25) is 14.4 Å². The summed E-state index contributed by atoms with van der Waals surface area (Å²) in [5.41, 5.74) is 0.906. The van der Waals surface area contributed by atoms with Gasteiger partial charge in [0.1, 0.15) is 6.04 Å². The third-order valence-corrected chi connectivity index (χ3v) is 4.57. The third-order valence-electron chi connectivity index (χ3n) is 3.70. The number of amides is 3. The maximum Gasteiger partial charge on any atom is 0.265 e. The molecular weight excluding hydrogens is 350 g/mol. The first kappa shape index (κ1) is 19.7. The smallest absolute Gasteiger partial charge is 0.265 e. The minimum Gasteiger partial charge on any atom is -0.357 e. The molecule has 1 unspecified atom stereocenters. The standard InChI is InChI=1S/C19H23N3O3S/c1-12(2)10-15(18(24)20-3)22-17(23)13-6-4-7-14(11-13)21-19(25)16-8-5-9-26-16/h4-9,11-12,15H,10H2,1-3H3,(H,20,24)(H,21,25)(H,22,23). The van der Waals surface area contributed by atoms with E-state index in [2.05, 4.69) is 16.0 Å². The SMILES string of the molecule is CNC(=O)C(CC(C)C)NC(=O)c1cccc(NC(=O)c2cccs2)c1. The average Bonchev–Trinajstić information content (AvgIpc) is 3.15. The van der Waals surface area contributed by atoms with Gasteiger partial charge in [-0.1, -0.05) is 26.0 Å². The number of hydrogen-bond donors (Lipinski definition) is 3. The summed E-state index contributed by atoms with van der Waals surface area (Å²) in [7, 11) is 1.54. The van der Waals surface area contributed by atoms with Gasteiger partial charge in [-0.15, -0.1) is 11.3 Å². The van der Waals surface area contributed by atoms with E-state index in [9.17, 15) is 14.4 Å². The fourth-order valence-corrected chi connectivity index (χ4v) is 3.08. The Labute approximate surface area is 157 Å². The molecule has 0 aliphatic heterocycles. The molecule has 3 amide bonds. The predicted octanol–water partition coefficient (Wildman–Crippen LogP) is 2.89. The number of hydrogen-bond acceptors (Lipinski definition) is 4. The number of nitrogens with one attached hydrogen (secondary N) is 3. The highest BCUT2D eigenvalue weighted by Gasteiger charge is 2.21. The summed E-state index contributed by atoms with van der Waals surface area (Å²) in [4.78, 5) is 37.2. The third kappa shape index (κ3) is 5.42. The van der Waals surface area contributed by atoms with Crippen molar-refractivity contribution in [3.63, 3.8) is 0 Å². The Kier molecular flexibility index (Phi) is 6.91. The molecular formula is C19H23N3O3S. The average molecular weight is 373 g/mol. The van der Waals surface area contributed by atoms with Crippen LogP contribution in [0.1, 0.15) is 40.3 Å². The quantitative estimate of drug-likeness (QED) is 0.697. The van der Waals surface area contributed by atoms with Gasteiger partial charge in [0, 0.05) is 18.3 Å². The van der Waals surface area contributed by atoms with Crippen LogP contribution in [0.2, 0.25) is 0 Å². The zero-order valence-corrected chi connectivity index (χ0v) is 15.9. The molecule has 0 bridgehead atoms. The summed E-state index contributed by atoms with van der Waals surface area (Å²) in [6.45, 7) is 3.98. The van der Waals surface area contributed by atoms with Gasteiger partial charge in [-0.05, 0) is 42.0 Å². The van der Waals surface area contributed by atoms with Gasteiger partial charge in [-0.2, -0.15) is 0 Å². The Hall–Kier alpha value is -2.67. The Balaban J connectivity index is 2.09. The maximum atomic E-state index is 12.5. The molecule has 2 aromatic rings. The number of thiophene rings is 1. The van der Waals surface area contributed by atoms with Gasteiger partial charge in [0.05, 0.1) is 4.88 Å². The summed E-state index contributed by atoms with van der Waals surface area (Å²) in [5.74, 6) is -0.546. The van der Waals surface area contributed by atoms with E-state index in [1.165, 1.54) is 11.3 Å². The van der Waals surface area contributed by atoms with Gasteiger partial charge in [-0.25, -0.2) is 0 Å². The monoisotopic (exact) mass is 373 g/mol. The number of rotatable bonds is 7. The number of anilines is 1. The fourth-order valence-electron chi connectivity index (χ4n) is 2.46. The van der Waals surface area contributed by atoms with Crippen molar-refractivity contribution in [1.82, 2.24) is 10.6 Å². The molecule has 0 aliphatic carbocycles. The van der Waals surface area contributed by atoms with Crippen LogP contribution in [0, 0.1) is 5.92 Å². The molecule has 0 saturated heterocycles. The minimum absolute atomic E-state index is 0.222. The van der Waals surface area contributed by atoms with Crippen molar-refractivity contribution < 1.29 is 14.4 Å². The maximum absolute atomic E-state index is 12.5. The van der Waals surface area contributed by atoms with Gasteiger partial charge in [0.2, 0.25) is 5.91 Å². The highest BCUT2D eigenvalue weighted by atomic mass is 32.1. The van der Waals surface area contributed by atoms with E-state index in [1.54, 1.807) is 43.4 Å². The first-order valence-corrected chi connectivity index (χ1v) is 9.26. The molecule has 1 aromatic heterocycles. The van der Waals surface area contributed by atoms with Crippen molar-refractivity contribution in [1.29, 1.82) is 0 Å². The second kappa shape index (κ2) is 9.15. The highest BCUT2D eigenvalue weighted by molar-refractivity contribution is 7.12. The van der Waals surface area contributed by atoms with Crippen LogP contribution in [0.5, 0.6) is 0 Å². The molecule has 7 heteroatoms. The van der Waals surface area contributed by atoms with Crippen LogP contribution in [0.25, 0.3) is 0 Å². The van der Waals surface area contributed by atoms with Crippen LogP contribution in [0.4, 0.5) is 5.69 Å². The predicted molar refractivity (Wildman–Crippen MR) is 103 cm³/mol. The van der Waals surface area contributed by atoms with Crippen molar-refractivity contribution in [2.45, 2.75) is 26.3 Å². The van der Waals surface area contributed by atoms with E-state index in [0.717, 1.165) is 0 Å². The summed E-state index contributed by atoms with van der Waals surface area (Å²) in [5, 5.41) is 9.93. The molecule has 2 rings (SSSR count). The molecule has 6 nitrogen and oxygen atoms in total. The summed E-state index contributed by atoms with van der Waals surface area (Å²) < 4.78 is 0. The topological polar surface area (TPSA) is 87.3 Å². The summed E-state index contributed by atoms with van der Waals surface area (Å²) >= 11 is 1.34. The van der Waals surface area contributed by atoms with Crippen LogP contribution in [-0.2, 0) is 4.79 Å². The summed E-state index contributed by atoms with van der Waals surface area (Å²) in [6.07, 6.45) is 0.542. The zero-order chi connectivity index (χ0) is 19.1. The van der Waals surface area contributed by atoms with E-state index < -0.39 is 6.04 Å². The largest absolute Gasteiger partial charge is 0.357 e. The lowest BCUT2D eigenvalue weighted by Gasteiger charge is -2.19. The first-order chi connectivity index (χ1) is 12.4. The lowest BCUT2D eigenvalue weighted by Crippen LogP contribution is -2.46. The number of likely N-dealkylation sites (N-methyl/N-ethyl adjacent to an activating group) is 1. The number of benzene rings is 1. The molecule has 3 N–H and O–H groups in total. The second-order valence-electron chi connectivity index (χ2n) is 6.28. The van der Waals surface area contributed by atoms with Crippen molar-refractivity contribution in [3.8, 4) is 0 Å². The molecule has 0 fully saturated rings. The van der Waals surface area contributed by atoms with Crippen molar-refractivity contribution in [2.24, 2.45) is 5.92 Å². The van der Waals surface area contributed by atoms with E-state index in [-0.39, 0.29) is 23.6 Å². The Morgan fingerprint density at radius 2 is 1.85 bits per heavy atom. The fraction of sp³-hybridized carbons (Fsp3) is 0.316. The van der Waals surface area contributed by atoms with Crippen LogP contribution in [-0.4, -0.2) is 30.8 Å². The Morgan fingerprint density at radius 1 is 1.08 bits per heavy atom. The second-order valence-corrected chi connectivity index (χ2v) is 7.23. The van der Waals surface area contributed by atoms with Crippen LogP contribution >= 0.6 is 11.3 Å². The number of carbonyl (C=O) groups is 3. The van der Waals surface area contributed by atoms with E-state index in [4.69, 9.17) is 0 Å². The molecule has 0 saturated carbocycles. The molecule has 1 aromatic carbocycles. The Bertz CT molecular complexity index is 772. The van der Waals surface area contributed by atoms with Crippen LogP contribution < -0.4 is 16.0 Å². The first-order valence-electron chi connectivity index (χ1n) is 8.38. The van der Waals surface area contributed by atoms with E-state index >= 15 is 0 Å². The van der Waals surface area contributed by atoms with E-state index in [0.29, 0.717) is 22.5 Å². The molecule has 26 heavy (non-hydrogen) atoms. The van der Waals surface area contributed by atoms with E-state index in [1.807, 2.05) is 19.2 Å².